The monoisotopic (exact) mass is 247 g/mol. The summed E-state index contributed by atoms with van der Waals surface area (Å²) in [6, 6.07) is 3.18. The van der Waals surface area contributed by atoms with Crippen LogP contribution in [0.5, 0.6) is 11.5 Å². The van der Waals surface area contributed by atoms with E-state index in [4.69, 9.17) is 9.47 Å². The minimum atomic E-state index is -0.246. The third-order valence-electron chi connectivity index (χ3n) is 2.70. The highest BCUT2D eigenvalue weighted by molar-refractivity contribution is 5.85. The Morgan fingerprint density at radius 1 is 1.25 bits per heavy atom. The van der Waals surface area contributed by atoms with E-state index in [2.05, 4.69) is 5.32 Å². The molecule has 1 aromatic carbocycles. The van der Waals surface area contributed by atoms with E-state index in [-0.39, 0.29) is 24.3 Å². The molecule has 2 rings (SSSR count). The quantitative estimate of drug-likeness (QED) is 0.889. The van der Waals surface area contributed by atoms with E-state index in [1.54, 1.807) is 13.2 Å². The second-order valence-corrected chi connectivity index (χ2v) is 3.52. The van der Waals surface area contributed by atoms with Crippen molar-refractivity contribution in [2.24, 2.45) is 0 Å². The first-order valence-corrected chi connectivity index (χ1v) is 4.91. The molecule has 90 valence electrons. The Balaban J connectivity index is 0.00000128. The molecule has 1 aliphatic rings. The van der Waals surface area contributed by atoms with E-state index in [0.717, 1.165) is 13.0 Å². The van der Waals surface area contributed by atoms with Crippen LogP contribution in [0.1, 0.15) is 18.0 Å². The molecule has 0 spiro atoms. The van der Waals surface area contributed by atoms with Crippen molar-refractivity contribution in [3.63, 3.8) is 0 Å². The van der Waals surface area contributed by atoms with Gasteiger partial charge < -0.3 is 14.8 Å². The molecule has 0 amide bonds. The smallest absolute Gasteiger partial charge is 0.163 e. The van der Waals surface area contributed by atoms with Gasteiger partial charge in [0.15, 0.2) is 11.5 Å². The van der Waals surface area contributed by atoms with E-state index in [1.807, 2.05) is 0 Å². The average Bonchev–Trinajstić information content (AvgIpc) is 2.17. The van der Waals surface area contributed by atoms with Crippen molar-refractivity contribution in [3.8, 4) is 11.5 Å². The third kappa shape index (κ3) is 2.23. The zero-order valence-corrected chi connectivity index (χ0v) is 10.1. The van der Waals surface area contributed by atoms with Gasteiger partial charge in [-0.15, -0.1) is 12.4 Å². The molecule has 1 aliphatic heterocycles. The molecule has 1 atom stereocenters. The van der Waals surface area contributed by atoms with Crippen LogP contribution in [0.3, 0.4) is 0 Å². The van der Waals surface area contributed by atoms with Crippen LogP contribution in [0.25, 0.3) is 0 Å². The summed E-state index contributed by atoms with van der Waals surface area (Å²) in [7, 11) is 3.05. The minimum absolute atomic E-state index is 0. The molecule has 0 aliphatic carbocycles. The fourth-order valence-corrected chi connectivity index (χ4v) is 1.69. The second kappa shape index (κ2) is 5.37. The van der Waals surface area contributed by atoms with Crippen molar-refractivity contribution in [2.45, 2.75) is 12.5 Å². The number of halogens is 2. The molecule has 0 bridgehead atoms. The van der Waals surface area contributed by atoms with Gasteiger partial charge in [0, 0.05) is 17.7 Å². The second-order valence-electron chi connectivity index (χ2n) is 3.52. The number of ether oxygens (including phenoxy) is 2. The number of hydrogen-bond donors (Lipinski definition) is 1. The molecule has 0 saturated carbocycles. The van der Waals surface area contributed by atoms with Gasteiger partial charge in [-0.1, -0.05) is 0 Å². The Labute approximate surface area is 100 Å². The van der Waals surface area contributed by atoms with Crippen LogP contribution < -0.4 is 14.8 Å². The summed E-state index contributed by atoms with van der Waals surface area (Å²) in [6.45, 7) is 0.943. The Morgan fingerprint density at radius 3 is 2.25 bits per heavy atom. The van der Waals surface area contributed by atoms with Gasteiger partial charge in [-0.2, -0.15) is 0 Å². The lowest BCUT2D eigenvalue weighted by Gasteiger charge is -2.28. The zero-order valence-electron chi connectivity index (χ0n) is 9.25. The summed E-state index contributed by atoms with van der Waals surface area (Å²) < 4.78 is 23.8. The summed E-state index contributed by atoms with van der Waals surface area (Å²) in [5.74, 6) is 0.755. The first-order chi connectivity index (χ1) is 7.26. The fourth-order valence-electron chi connectivity index (χ4n) is 1.69. The number of nitrogens with one attached hydrogen (secondary N) is 1. The van der Waals surface area contributed by atoms with E-state index in [0.29, 0.717) is 17.1 Å². The molecule has 5 heteroatoms. The van der Waals surface area contributed by atoms with Crippen LogP contribution in [0, 0.1) is 5.82 Å². The summed E-state index contributed by atoms with van der Waals surface area (Å²) in [5.41, 5.74) is 0.652. The van der Waals surface area contributed by atoms with Gasteiger partial charge in [-0.05, 0) is 19.0 Å². The molecular weight excluding hydrogens is 233 g/mol. The van der Waals surface area contributed by atoms with E-state index in [9.17, 15) is 4.39 Å². The van der Waals surface area contributed by atoms with Gasteiger partial charge >= 0.3 is 0 Å². The molecule has 16 heavy (non-hydrogen) atoms. The van der Waals surface area contributed by atoms with Crippen molar-refractivity contribution >= 4 is 12.4 Å². The highest BCUT2D eigenvalue weighted by Crippen LogP contribution is 2.34. The summed E-state index contributed by atoms with van der Waals surface area (Å²) >= 11 is 0. The number of rotatable bonds is 3. The third-order valence-corrected chi connectivity index (χ3v) is 2.70. The summed E-state index contributed by atoms with van der Waals surface area (Å²) in [6.07, 6.45) is 0.965. The van der Waals surface area contributed by atoms with Gasteiger partial charge in [-0.3, -0.25) is 0 Å². The lowest BCUT2D eigenvalue weighted by atomic mass is 9.97. The Hall–Kier alpha value is -1.00. The minimum Gasteiger partial charge on any atom is -0.493 e. The van der Waals surface area contributed by atoms with E-state index in [1.165, 1.54) is 13.2 Å². The maximum atomic E-state index is 13.6. The average molecular weight is 248 g/mol. The van der Waals surface area contributed by atoms with Gasteiger partial charge in [-0.25, -0.2) is 4.39 Å². The van der Waals surface area contributed by atoms with Crippen LogP contribution in [0.2, 0.25) is 0 Å². The largest absolute Gasteiger partial charge is 0.493 e. The highest BCUT2D eigenvalue weighted by Gasteiger charge is 2.23. The number of benzene rings is 1. The maximum Gasteiger partial charge on any atom is 0.163 e. The van der Waals surface area contributed by atoms with Crippen LogP contribution in [0.4, 0.5) is 4.39 Å². The Kier molecular flexibility index (Phi) is 4.38. The maximum absolute atomic E-state index is 13.6. The first-order valence-electron chi connectivity index (χ1n) is 4.91. The van der Waals surface area contributed by atoms with Crippen molar-refractivity contribution in [3.05, 3.63) is 23.5 Å². The standard InChI is InChI=1S/C11H14FNO2.ClH/c1-14-10-5-7(9-3-4-13-9)8(12)6-11(10)15-2;/h5-6,9,13H,3-4H2,1-2H3;1H/t9-;/m0./s1. The Morgan fingerprint density at radius 2 is 1.81 bits per heavy atom. The van der Waals surface area contributed by atoms with Crippen molar-refractivity contribution in [1.82, 2.24) is 5.32 Å². The molecule has 1 N–H and O–H groups in total. The normalized spacial score (nSPS) is 18.3. The van der Waals surface area contributed by atoms with Crippen molar-refractivity contribution in [2.75, 3.05) is 20.8 Å². The SMILES string of the molecule is COc1cc(F)c([C@@H]2CCN2)cc1OC.Cl. The topological polar surface area (TPSA) is 30.5 Å². The van der Waals surface area contributed by atoms with Crippen molar-refractivity contribution < 1.29 is 13.9 Å². The molecule has 1 aromatic rings. The molecule has 0 radical (unpaired) electrons. The molecule has 1 saturated heterocycles. The van der Waals surface area contributed by atoms with Crippen LogP contribution in [-0.2, 0) is 0 Å². The zero-order chi connectivity index (χ0) is 10.8. The lowest BCUT2D eigenvalue weighted by Crippen LogP contribution is -2.35. The molecule has 1 fully saturated rings. The number of hydrogen-bond acceptors (Lipinski definition) is 3. The van der Waals surface area contributed by atoms with Crippen LogP contribution in [-0.4, -0.2) is 20.8 Å². The fraction of sp³-hybridized carbons (Fsp3) is 0.455. The van der Waals surface area contributed by atoms with E-state index >= 15 is 0 Å². The number of methoxy groups -OCH3 is 2. The van der Waals surface area contributed by atoms with Crippen molar-refractivity contribution in [1.29, 1.82) is 0 Å². The van der Waals surface area contributed by atoms with Gasteiger partial charge in [0.1, 0.15) is 5.82 Å². The Bertz CT molecular complexity index is 369. The first kappa shape index (κ1) is 13.1. The van der Waals surface area contributed by atoms with Gasteiger partial charge in [0.05, 0.1) is 14.2 Å². The molecule has 0 aromatic heterocycles. The molecular formula is C11H15ClFNO2. The molecule has 1 heterocycles. The van der Waals surface area contributed by atoms with Gasteiger partial charge in [0.25, 0.3) is 0 Å². The summed E-state index contributed by atoms with van der Waals surface area (Å²) in [4.78, 5) is 0. The predicted molar refractivity (Wildman–Crippen MR) is 62.1 cm³/mol. The highest BCUT2D eigenvalue weighted by atomic mass is 35.5. The summed E-state index contributed by atoms with van der Waals surface area (Å²) in [5, 5.41) is 3.16. The molecule has 0 unspecified atom stereocenters. The predicted octanol–water partition coefficient (Wildman–Crippen LogP) is 2.30. The molecule has 3 nitrogen and oxygen atoms in total. The van der Waals surface area contributed by atoms with E-state index < -0.39 is 0 Å². The van der Waals surface area contributed by atoms with Crippen LogP contribution >= 0.6 is 12.4 Å². The van der Waals surface area contributed by atoms with Gasteiger partial charge in [0.2, 0.25) is 0 Å². The van der Waals surface area contributed by atoms with Crippen LogP contribution in [0.15, 0.2) is 12.1 Å². The lowest BCUT2D eigenvalue weighted by molar-refractivity contribution is 0.341.